The van der Waals surface area contributed by atoms with Crippen molar-refractivity contribution in [1.29, 1.82) is 0 Å². The van der Waals surface area contributed by atoms with Gasteiger partial charge in [-0.15, -0.1) is 0 Å². The number of hydrogen-bond donors (Lipinski definition) is 0. The first-order valence-corrected chi connectivity index (χ1v) is 29.1. The molecule has 0 N–H and O–H groups in total. The summed E-state index contributed by atoms with van der Waals surface area (Å²) in [5.41, 5.74) is 41.5. The summed E-state index contributed by atoms with van der Waals surface area (Å²) in [4.78, 5) is 5.18. The third-order valence-corrected chi connectivity index (χ3v) is 18.9. The number of rotatable bonds is 8. The highest BCUT2D eigenvalue weighted by Crippen LogP contribution is 2.43. The van der Waals surface area contributed by atoms with Crippen LogP contribution in [0.3, 0.4) is 0 Å². The number of aryl methyl sites for hydroxylation is 14. The van der Waals surface area contributed by atoms with E-state index in [1.165, 1.54) is 184 Å². The quantitative estimate of drug-likeness (QED) is 0.140. The molecule has 9 aromatic carbocycles. The number of benzene rings is 9. The molecule has 0 saturated carbocycles. The minimum Gasteiger partial charge on any atom is -0.327 e. The van der Waals surface area contributed by atoms with Crippen LogP contribution in [-0.2, 0) is 35.2 Å². The highest BCUT2D eigenvalue weighted by Gasteiger charge is 2.30. The molecule has 82 heavy (non-hydrogen) atoms. The van der Waals surface area contributed by atoms with E-state index in [-0.39, 0.29) is 0 Å². The zero-order chi connectivity index (χ0) is 58.2. The van der Waals surface area contributed by atoms with Gasteiger partial charge in [0.1, 0.15) is 5.82 Å². The molecule has 6 nitrogen and oxygen atoms in total. The molecule has 0 aliphatic heterocycles. The zero-order valence-electron chi connectivity index (χ0n) is 51.8. The summed E-state index contributed by atoms with van der Waals surface area (Å²) in [7, 11) is 11.1. The van der Waals surface area contributed by atoms with Gasteiger partial charge in [0, 0.05) is 12.6 Å². The molecular weight excluding hydrogens is 997 g/mol. The van der Waals surface area contributed by atoms with Gasteiger partial charge in [-0.2, -0.15) is 0 Å². The lowest BCUT2D eigenvalue weighted by Gasteiger charge is -2.19. The van der Waals surface area contributed by atoms with Crippen LogP contribution in [0.5, 0.6) is 0 Å². The largest absolute Gasteiger partial charge is 0.327 e. The first-order chi connectivity index (χ1) is 39.1. The van der Waals surface area contributed by atoms with Crippen LogP contribution in [0, 0.1) is 96.9 Å². The van der Waals surface area contributed by atoms with Crippen molar-refractivity contribution >= 4 is 33.1 Å². The molecule has 0 spiro atoms. The third-order valence-electron chi connectivity index (χ3n) is 18.9. The van der Waals surface area contributed by atoms with Gasteiger partial charge in [0.25, 0.3) is 11.6 Å². The summed E-state index contributed by atoms with van der Waals surface area (Å²) in [6, 6.07) is 48.5. The van der Waals surface area contributed by atoms with Crippen molar-refractivity contribution in [2.75, 3.05) is 0 Å². The second-order valence-electron chi connectivity index (χ2n) is 24.2. The van der Waals surface area contributed by atoms with E-state index < -0.39 is 0 Å². The van der Waals surface area contributed by atoms with E-state index >= 15 is 0 Å². The fraction of sp³-hybridized carbons (Fsp3) is 0.250. The lowest BCUT2D eigenvalue weighted by Crippen LogP contribution is -2.30. The molecule has 0 fully saturated rings. The molecule has 0 bridgehead atoms. The van der Waals surface area contributed by atoms with Crippen molar-refractivity contribution in [3.63, 3.8) is 0 Å². The van der Waals surface area contributed by atoms with E-state index in [9.17, 15) is 0 Å². The van der Waals surface area contributed by atoms with Crippen LogP contribution in [0.4, 0.5) is 0 Å². The van der Waals surface area contributed by atoms with Gasteiger partial charge < -0.3 is 4.57 Å². The average Bonchev–Trinajstić information content (AvgIpc) is 4.18. The maximum Gasteiger partial charge on any atom is 0.289 e. The Hall–Kier alpha value is -8.61. The SMILES string of the molecule is Cc1ccc2nc(-c3c(C)cc(C)c(-c4ccc(-c5c(C)cc(C)c(-c6n(C)c7ccc(-c8ccc9c(c8)n(C)c(-c8c(C)cc(C)c(-c%10ccc(-c%11c(C)cc(C)c(C)c%11C)cc%10)c8C)[n+]9C)cc7[n+]6C)c5C)cc4)c3C)n(C)c2c1. The van der Waals surface area contributed by atoms with Crippen molar-refractivity contribution < 1.29 is 9.13 Å². The summed E-state index contributed by atoms with van der Waals surface area (Å²) in [5, 5.41) is 0. The number of nitrogens with zero attached hydrogens (tertiary/aromatic N) is 6. The molecule has 0 radical (unpaired) electrons. The Labute approximate surface area is 485 Å². The van der Waals surface area contributed by atoms with Gasteiger partial charge in [-0.3, -0.25) is 0 Å². The van der Waals surface area contributed by atoms with Gasteiger partial charge in [-0.25, -0.2) is 23.3 Å². The van der Waals surface area contributed by atoms with Gasteiger partial charge >= 0.3 is 0 Å². The first kappa shape index (κ1) is 54.0. The van der Waals surface area contributed by atoms with Crippen molar-refractivity contribution in [1.82, 2.24) is 18.7 Å². The molecule has 3 aromatic heterocycles. The normalized spacial score (nSPS) is 11.8. The summed E-state index contributed by atoms with van der Waals surface area (Å²) >= 11 is 0. The monoisotopic (exact) mass is 1070 g/mol. The maximum atomic E-state index is 5.18. The number of fused-ring (bicyclic) bond motifs is 3. The van der Waals surface area contributed by atoms with Crippen molar-refractivity contribution in [3.05, 3.63) is 205 Å². The standard InChI is InChI=1S/C76H78N6/c1-41-20-31-61-64(34-41)78(15)74(77-61)71-47(7)36-44(4)68(52(71)12)56-25-27-58(28-26-56)70-46(6)38-49(9)73(54(70)14)76-80(17)63-33-30-60(40-66(63)82(76)19)59-29-32-62-65(39-59)81(18)75(79(62)16)72-48(8)37-45(5)69(53(72)13)57-23-21-55(22-24-57)67-43(3)35-42(2)50(10)51(67)11/h20-40H,1-19H3/q+2. The minimum absolute atomic E-state index is 1.01. The van der Waals surface area contributed by atoms with Crippen LogP contribution in [0.2, 0.25) is 0 Å². The Bertz CT molecular complexity index is 4680. The predicted octanol–water partition coefficient (Wildman–Crippen LogP) is 17.9. The number of imidazole rings is 3. The van der Waals surface area contributed by atoms with Gasteiger partial charge in [0.2, 0.25) is 0 Å². The van der Waals surface area contributed by atoms with Gasteiger partial charge in [-0.1, -0.05) is 78.9 Å². The molecule has 0 amide bonds. The van der Waals surface area contributed by atoms with Crippen LogP contribution in [0.15, 0.2) is 127 Å². The van der Waals surface area contributed by atoms with Gasteiger partial charge in [-0.05, 0) is 279 Å². The Balaban J connectivity index is 0.880. The summed E-state index contributed by atoms with van der Waals surface area (Å²) in [5.74, 6) is 3.40. The average molecular weight is 1080 g/mol. The Morgan fingerprint density at radius 2 is 0.683 bits per heavy atom. The van der Waals surface area contributed by atoms with E-state index in [2.05, 4.69) is 282 Å². The molecule has 0 saturated heterocycles. The second kappa shape index (κ2) is 19.8. The molecule has 6 heteroatoms. The molecule has 0 aliphatic rings. The summed E-state index contributed by atoms with van der Waals surface area (Å²) in [6.45, 7) is 31.5. The van der Waals surface area contributed by atoms with E-state index in [1.54, 1.807) is 0 Å². The highest BCUT2D eigenvalue weighted by molar-refractivity contribution is 5.91. The fourth-order valence-electron chi connectivity index (χ4n) is 14.9. The smallest absolute Gasteiger partial charge is 0.289 e. The Morgan fingerprint density at radius 1 is 0.293 bits per heavy atom. The molecule has 0 unspecified atom stereocenters. The molecule has 12 rings (SSSR count). The second-order valence-corrected chi connectivity index (χ2v) is 24.2. The van der Waals surface area contributed by atoms with Crippen molar-refractivity contribution in [2.24, 2.45) is 35.2 Å². The molecule has 0 atom stereocenters. The van der Waals surface area contributed by atoms with Crippen LogP contribution < -0.4 is 9.13 Å². The van der Waals surface area contributed by atoms with E-state index in [1.807, 2.05) is 0 Å². The van der Waals surface area contributed by atoms with Crippen LogP contribution in [0.25, 0.3) is 123 Å². The van der Waals surface area contributed by atoms with E-state index in [0.29, 0.717) is 0 Å². The lowest BCUT2D eigenvalue weighted by atomic mass is 9.86. The number of hydrogen-bond acceptors (Lipinski definition) is 1. The van der Waals surface area contributed by atoms with E-state index in [0.717, 1.165) is 16.9 Å². The zero-order valence-corrected chi connectivity index (χ0v) is 51.8. The topological polar surface area (TPSA) is 35.4 Å². The van der Waals surface area contributed by atoms with Crippen LogP contribution in [-0.4, -0.2) is 18.7 Å². The fourth-order valence-corrected chi connectivity index (χ4v) is 14.9. The molecular formula is C76H78N6+2. The van der Waals surface area contributed by atoms with Gasteiger partial charge in [0.15, 0.2) is 22.1 Å². The Morgan fingerprint density at radius 3 is 1.20 bits per heavy atom. The molecule has 12 aromatic rings. The molecule has 3 heterocycles. The number of aromatic nitrogens is 6. The maximum absolute atomic E-state index is 5.18. The minimum atomic E-state index is 1.01. The third kappa shape index (κ3) is 8.30. The lowest BCUT2D eigenvalue weighted by molar-refractivity contribution is -0.634. The molecule has 0 aliphatic carbocycles. The van der Waals surface area contributed by atoms with Gasteiger partial charge in [0.05, 0.1) is 50.4 Å². The predicted molar refractivity (Wildman–Crippen MR) is 346 cm³/mol. The summed E-state index contributed by atoms with van der Waals surface area (Å²) in [6.07, 6.45) is 0. The summed E-state index contributed by atoms with van der Waals surface area (Å²) < 4.78 is 11.8. The van der Waals surface area contributed by atoms with Crippen molar-refractivity contribution in [3.8, 4) is 89.8 Å². The first-order valence-electron chi connectivity index (χ1n) is 29.1. The van der Waals surface area contributed by atoms with Crippen LogP contribution in [0.1, 0.15) is 77.9 Å². The Kier molecular flexibility index (Phi) is 13.1. The van der Waals surface area contributed by atoms with Crippen molar-refractivity contribution in [2.45, 2.75) is 96.9 Å². The van der Waals surface area contributed by atoms with Crippen LogP contribution >= 0.6 is 0 Å². The molecule has 410 valence electrons. The highest BCUT2D eigenvalue weighted by atomic mass is 15.2. The van der Waals surface area contributed by atoms with E-state index in [4.69, 9.17) is 4.98 Å².